The summed E-state index contributed by atoms with van der Waals surface area (Å²) >= 11 is 3.80. The summed E-state index contributed by atoms with van der Waals surface area (Å²) in [7, 11) is -2.06. The number of fused-ring (bicyclic) bond motifs is 1. The molecule has 200 valence electrons. The number of aryl methyl sites for hydroxylation is 2. The Morgan fingerprint density at radius 3 is 2.16 bits per heavy atom. The van der Waals surface area contributed by atoms with Crippen LogP contribution in [0.15, 0.2) is 40.9 Å². The van der Waals surface area contributed by atoms with Gasteiger partial charge in [-0.15, -0.1) is 0 Å². The normalized spacial score (nSPS) is 12.1. The minimum absolute atomic E-state index is 0.341. The Balaban J connectivity index is 1.95. The molecule has 0 spiro atoms. The Hall–Kier alpha value is -2.58. The smallest absolute Gasteiger partial charge is 0.258 e. The maximum atomic E-state index is 12.2. The summed E-state index contributed by atoms with van der Waals surface area (Å²) < 4.78 is 10.1. The number of rotatable bonds is 10. The third-order valence-electron chi connectivity index (χ3n) is 7.41. The Morgan fingerprint density at radius 2 is 1.62 bits per heavy atom. The average Bonchev–Trinajstić information content (AvgIpc) is 3.10. The highest BCUT2D eigenvalue weighted by Crippen LogP contribution is 2.44. The number of amides is 2. The molecule has 0 aliphatic heterocycles. The molecule has 3 rings (SSSR count). The third-order valence-corrected chi connectivity index (χ3v) is 14.0. The van der Waals surface area contributed by atoms with Gasteiger partial charge in [-0.2, -0.15) is 0 Å². The third kappa shape index (κ3) is 5.96. The van der Waals surface area contributed by atoms with Gasteiger partial charge in [-0.05, 0) is 81.8 Å². The van der Waals surface area contributed by atoms with Gasteiger partial charge >= 0.3 is 0 Å². The van der Waals surface area contributed by atoms with Gasteiger partial charge in [0.05, 0.1) is 15.7 Å². The van der Waals surface area contributed by atoms with Gasteiger partial charge in [-0.1, -0.05) is 53.7 Å². The molecule has 0 aliphatic rings. The van der Waals surface area contributed by atoms with Gasteiger partial charge in [-0.3, -0.25) is 9.59 Å². The van der Waals surface area contributed by atoms with E-state index in [1.165, 1.54) is 0 Å². The van der Waals surface area contributed by atoms with Crippen molar-refractivity contribution in [2.45, 2.75) is 85.0 Å². The van der Waals surface area contributed by atoms with Crippen LogP contribution in [-0.2, 0) is 16.1 Å². The Bertz CT molecular complexity index is 1290. The predicted octanol–water partition coefficient (Wildman–Crippen LogP) is 7.44. The fourth-order valence-corrected chi connectivity index (χ4v) is 11.7. The van der Waals surface area contributed by atoms with E-state index in [0.717, 1.165) is 37.9 Å². The van der Waals surface area contributed by atoms with Crippen LogP contribution in [-0.4, -0.2) is 24.7 Å². The van der Waals surface area contributed by atoms with Gasteiger partial charge in [-0.25, -0.2) is 0 Å². The van der Waals surface area contributed by atoms with Crippen LogP contribution in [0.1, 0.15) is 64.8 Å². The van der Waals surface area contributed by atoms with E-state index < -0.39 is 20.1 Å². The van der Waals surface area contributed by atoms with Crippen molar-refractivity contribution in [1.29, 1.82) is 0 Å². The molecule has 0 unspecified atom stereocenters. The minimum Gasteiger partial charge on any atom is -0.542 e. The molecule has 0 saturated heterocycles. The lowest BCUT2D eigenvalue weighted by atomic mass is 10.1. The number of nitrogens with zero attached hydrogens (tertiary/aromatic N) is 1. The Kier molecular flexibility index (Phi) is 8.96. The predicted molar refractivity (Wildman–Crippen MR) is 159 cm³/mol. The number of carbonyl (C=O) groups excluding carboxylic acids is 2. The summed E-state index contributed by atoms with van der Waals surface area (Å²) in [6.07, 6.45) is -0.341. The van der Waals surface area contributed by atoms with Gasteiger partial charge < -0.3 is 20.0 Å². The first-order valence-electron chi connectivity index (χ1n) is 12.9. The van der Waals surface area contributed by atoms with E-state index in [0.29, 0.717) is 28.9 Å². The largest absolute Gasteiger partial charge is 0.542 e. The van der Waals surface area contributed by atoms with E-state index in [2.05, 4.69) is 105 Å². The number of primary amides is 1. The number of hydrogen-bond donors (Lipinski definition) is 2. The first-order chi connectivity index (χ1) is 17.3. The molecule has 3 N–H and O–H groups in total. The van der Waals surface area contributed by atoms with Crippen LogP contribution in [0, 0.1) is 13.8 Å². The van der Waals surface area contributed by atoms with Crippen molar-refractivity contribution in [2.24, 2.45) is 5.73 Å². The van der Waals surface area contributed by atoms with Crippen LogP contribution in [0.2, 0.25) is 16.6 Å². The first-order valence-corrected chi connectivity index (χ1v) is 15.9. The topological polar surface area (TPSA) is 86.4 Å². The number of hydrogen-bond acceptors (Lipinski definition) is 3. The zero-order chi connectivity index (χ0) is 27.7. The van der Waals surface area contributed by atoms with Gasteiger partial charge in [0.15, 0.2) is 0 Å². The Morgan fingerprint density at radius 1 is 1.00 bits per heavy atom. The summed E-state index contributed by atoms with van der Waals surface area (Å²) in [5.74, 6) is -0.148. The molecule has 2 amide bonds. The molecule has 1 aromatic heterocycles. The quantitative estimate of drug-likeness (QED) is 0.191. The second-order valence-electron chi connectivity index (χ2n) is 10.9. The highest BCUT2D eigenvalue weighted by atomic mass is 79.9. The Labute approximate surface area is 230 Å². The van der Waals surface area contributed by atoms with Gasteiger partial charge in [0.1, 0.15) is 12.2 Å². The van der Waals surface area contributed by atoms with Crippen LogP contribution < -0.4 is 15.5 Å². The number of anilines is 1. The fourth-order valence-electron chi connectivity index (χ4n) is 5.80. The molecule has 0 fully saturated rings. The van der Waals surface area contributed by atoms with Crippen molar-refractivity contribution < 1.29 is 14.0 Å². The van der Waals surface area contributed by atoms with Crippen LogP contribution in [0.4, 0.5) is 5.69 Å². The lowest BCUT2D eigenvalue weighted by molar-refractivity contribution is -0.124. The molecule has 0 saturated carbocycles. The SMILES string of the molecule is Cc1ccc(NC(=O)CC(N)=O)c2cc(C)n(Cc3ccc(O[Si](C(C)C)(C(C)C)C(C)C)c(Br)c3)c12. The minimum atomic E-state index is -2.06. The lowest BCUT2D eigenvalue weighted by Gasteiger charge is -2.42. The number of nitrogens with two attached hydrogens (primary N) is 1. The average molecular weight is 587 g/mol. The van der Waals surface area contributed by atoms with E-state index in [1.54, 1.807) is 0 Å². The highest BCUT2D eigenvalue weighted by molar-refractivity contribution is 9.10. The van der Waals surface area contributed by atoms with Crippen molar-refractivity contribution in [3.63, 3.8) is 0 Å². The van der Waals surface area contributed by atoms with E-state index in [1.807, 2.05) is 12.1 Å². The van der Waals surface area contributed by atoms with Gasteiger partial charge in [0, 0.05) is 17.6 Å². The van der Waals surface area contributed by atoms with Crippen molar-refractivity contribution >= 4 is 52.7 Å². The molecule has 37 heavy (non-hydrogen) atoms. The molecule has 6 nitrogen and oxygen atoms in total. The molecular weight excluding hydrogens is 546 g/mol. The highest BCUT2D eigenvalue weighted by Gasteiger charge is 2.47. The van der Waals surface area contributed by atoms with Crippen LogP contribution in [0.25, 0.3) is 10.9 Å². The van der Waals surface area contributed by atoms with Gasteiger partial charge in [0.2, 0.25) is 11.8 Å². The van der Waals surface area contributed by atoms with E-state index >= 15 is 0 Å². The van der Waals surface area contributed by atoms with E-state index in [4.69, 9.17) is 10.2 Å². The molecule has 0 radical (unpaired) electrons. The van der Waals surface area contributed by atoms with Crippen molar-refractivity contribution in [1.82, 2.24) is 4.57 Å². The van der Waals surface area contributed by atoms with Crippen LogP contribution >= 0.6 is 15.9 Å². The van der Waals surface area contributed by atoms with Crippen molar-refractivity contribution in [3.05, 3.63) is 57.7 Å². The molecule has 0 bridgehead atoms. The van der Waals surface area contributed by atoms with E-state index in [-0.39, 0.29) is 6.42 Å². The second kappa shape index (κ2) is 11.4. The molecule has 0 atom stereocenters. The molecule has 2 aromatic carbocycles. The monoisotopic (exact) mass is 585 g/mol. The summed E-state index contributed by atoms with van der Waals surface area (Å²) in [6, 6.07) is 12.3. The second-order valence-corrected chi connectivity index (χ2v) is 17.2. The van der Waals surface area contributed by atoms with Crippen LogP contribution in [0.3, 0.4) is 0 Å². The summed E-state index contributed by atoms with van der Waals surface area (Å²) in [4.78, 5) is 23.3. The molecular formula is C29H40BrN3O3Si. The number of benzene rings is 2. The lowest BCUT2D eigenvalue weighted by Crippen LogP contribution is -2.50. The first kappa shape index (κ1) is 29.0. The maximum absolute atomic E-state index is 12.2. The fraction of sp³-hybridized carbons (Fsp3) is 0.448. The maximum Gasteiger partial charge on any atom is 0.258 e. The number of aromatic nitrogens is 1. The summed E-state index contributed by atoms with van der Waals surface area (Å²) in [6.45, 7) is 18.6. The van der Waals surface area contributed by atoms with E-state index in [9.17, 15) is 9.59 Å². The number of carbonyl (C=O) groups is 2. The van der Waals surface area contributed by atoms with Crippen molar-refractivity contribution in [2.75, 3.05) is 5.32 Å². The van der Waals surface area contributed by atoms with Crippen molar-refractivity contribution in [3.8, 4) is 5.75 Å². The number of halogens is 1. The standard InChI is InChI=1S/C29H40BrN3O3Si/c1-17(2)37(18(3)4,19(5)6)36-26-12-10-22(14-24(26)30)16-33-21(8)13-23-25(11-9-20(7)29(23)33)32-28(35)15-27(31)34/h9-14,17-19H,15-16H2,1-8H3,(H2,31,34)(H,32,35). The van der Waals surface area contributed by atoms with Gasteiger partial charge in [0.25, 0.3) is 8.32 Å². The van der Waals surface area contributed by atoms with Crippen LogP contribution in [0.5, 0.6) is 5.75 Å². The summed E-state index contributed by atoms with van der Waals surface area (Å²) in [5.41, 5.74) is 11.7. The number of nitrogens with one attached hydrogen (secondary N) is 1. The molecule has 8 heteroatoms. The zero-order valence-electron chi connectivity index (χ0n) is 23.2. The zero-order valence-corrected chi connectivity index (χ0v) is 25.8. The summed E-state index contributed by atoms with van der Waals surface area (Å²) in [5, 5.41) is 3.78. The molecule has 0 aliphatic carbocycles. The molecule has 3 aromatic rings. The molecule has 1 heterocycles.